The molecule has 6 heteroatoms. The van der Waals surface area contributed by atoms with Gasteiger partial charge in [-0.2, -0.15) is 4.98 Å². The molecule has 2 aromatic rings. The first-order valence-corrected chi connectivity index (χ1v) is 5.55. The SMILES string of the molecule is Nn1cnc2cnc(N3CCCCC3)nc21. The van der Waals surface area contributed by atoms with E-state index in [2.05, 4.69) is 19.9 Å². The largest absolute Gasteiger partial charge is 0.341 e. The van der Waals surface area contributed by atoms with Crippen LogP contribution in [0, 0.1) is 0 Å². The number of nitrogens with zero attached hydrogens (tertiary/aromatic N) is 5. The monoisotopic (exact) mass is 218 g/mol. The minimum absolute atomic E-state index is 0.690. The Hall–Kier alpha value is -1.85. The molecule has 1 saturated heterocycles. The molecule has 1 aliphatic heterocycles. The molecule has 0 spiro atoms. The molecular weight excluding hydrogens is 204 g/mol. The molecule has 0 radical (unpaired) electrons. The predicted molar refractivity (Wildman–Crippen MR) is 61.5 cm³/mol. The first kappa shape index (κ1) is 9.38. The normalized spacial score (nSPS) is 16.9. The third kappa shape index (κ3) is 1.46. The maximum absolute atomic E-state index is 5.72. The van der Waals surface area contributed by atoms with Crippen molar-refractivity contribution in [1.29, 1.82) is 0 Å². The van der Waals surface area contributed by atoms with Crippen LogP contribution in [0.1, 0.15) is 19.3 Å². The van der Waals surface area contributed by atoms with Gasteiger partial charge in [0.25, 0.3) is 0 Å². The molecule has 0 aliphatic carbocycles. The maximum Gasteiger partial charge on any atom is 0.227 e. The molecule has 0 amide bonds. The zero-order chi connectivity index (χ0) is 11.0. The second-order valence-electron chi connectivity index (χ2n) is 4.08. The van der Waals surface area contributed by atoms with Gasteiger partial charge in [0.1, 0.15) is 11.8 Å². The van der Waals surface area contributed by atoms with Gasteiger partial charge in [0.2, 0.25) is 5.95 Å². The molecule has 0 atom stereocenters. The summed E-state index contributed by atoms with van der Waals surface area (Å²) in [4.78, 5) is 15.1. The maximum atomic E-state index is 5.72. The average molecular weight is 218 g/mol. The minimum atomic E-state index is 0.690. The lowest BCUT2D eigenvalue weighted by atomic mass is 10.1. The quantitative estimate of drug-likeness (QED) is 0.707. The molecule has 6 nitrogen and oxygen atoms in total. The third-order valence-corrected chi connectivity index (χ3v) is 2.94. The topological polar surface area (TPSA) is 72.9 Å². The zero-order valence-electron chi connectivity index (χ0n) is 9.00. The van der Waals surface area contributed by atoms with Crippen LogP contribution in [0.25, 0.3) is 11.2 Å². The summed E-state index contributed by atoms with van der Waals surface area (Å²) in [5.41, 5.74) is 1.43. The van der Waals surface area contributed by atoms with E-state index >= 15 is 0 Å². The fourth-order valence-corrected chi connectivity index (χ4v) is 2.06. The van der Waals surface area contributed by atoms with Gasteiger partial charge in [-0.15, -0.1) is 0 Å². The zero-order valence-corrected chi connectivity index (χ0v) is 9.00. The van der Waals surface area contributed by atoms with E-state index in [1.54, 1.807) is 12.5 Å². The van der Waals surface area contributed by atoms with Gasteiger partial charge in [-0.1, -0.05) is 0 Å². The van der Waals surface area contributed by atoms with Crippen molar-refractivity contribution in [3.8, 4) is 0 Å². The van der Waals surface area contributed by atoms with Crippen LogP contribution in [0.3, 0.4) is 0 Å². The summed E-state index contributed by atoms with van der Waals surface area (Å²) < 4.78 is 1.43. The van der Waals surface area contributed by atoms with Gasteiger partial charge >= 0.3 is 0 Å². The van der Waals surface area contributed by atoms with Gasteiger partial charge in [-0.25, -0.2) is 14.6 Å². The smallest absolute Gasteiger partial charge is 0.227 e. The lowest BCUT2D eigenvalue weighted by Gasteiger charge is -2.26. The number of anilines is 1. The number of nitrogen functional groups attached to an aromatic ring is 1. The van der Waals surface area contributed by atoms with Crippen LogP contribution in [0.2, 0.25) is 0 Å². The summed E-state index contributed by atoms with van der Waals surface area (Å²) in [5.74, 6) is 6.48. The van der Waals surface area contributed by atoms with Crippen LogP contribution in [0.15, 0.2) is 12.5 Å². The second-order valence-corrected chi connectivity index (χ2v) is 4.08. The van der Waals surface area contributed by atoms with E-state index in [4.69, 9.17) is 5.84 Å². The Morgan fingerprint density at radius 1 is 1.12 bits per heavy atom. The van der Waals surface area contributed by atoms with Crippen molar-refractivity contribution in [3.05, 3.63) is 12.5 Å². The summed E-state index contributed by atoms with van der Waals surface area (Å²) in [6, 6.07) is 0. The first-order chi connectivity index (χ1) is 7.84. The van der Waals surface area contributed by atoms with Gasteiger partial charge in [0.15, 0.2) is 5.65 Å². The number of piperidine rings is 1. The molecule has 0 bridgehead atoms. The predicted octanol–water partition coefficient (Wildman–Crippen LogP) is 0.530. The number of nitrogens with two attached hydrogens (primary N) is 1. The Morgan fingerprint density at radius 3 is 2.75 bits per heavy atom. The number of aromatic nitrogens is 4. The fourth-order valence-electron chi connectivity index (χ4n) is 2.06. The highest BCUT2D eigenvalue weighted by molar-refractivity contribution is 5.71. The summed E-state index contributed by atoms with van der Waals surface area (Å²) in [5, 5.41) is 0. The van der Waals surface area contributed by atoms with E-state index in [-0.39, 0.29) is 0 Å². The van der Waals surface area contributed by atoms with Crippen LogP contribution in [0.5, 0.6) is 0 Å². The van der Waals surface area contributed by atoms with Crippen molar-refractivity contribution in [2.45, 2.75) is 19.3 Å². The summed E-state index contributed by atoms with van der Waals surface area (Å²) in [6.45, 7) is 2.06. The molecule has 3 heterocycles. The number of hydrogen-bond acceptors (Lipinski definition) is 5. The minimum Gasteiger partial charge on any atom is -0.341 e. The highest BCUT2D eigenvalue weighted by Crippen LogP contribution is 2.17. The second kappa shape index (κ2) is 3.62. The highest BCUT2D eigenvalue weighted by Gasteiger charge is 2.14. The van der Waals surface area contributed by atoms with Gasteiger partial charge in [-0.05, 0) is 19.3 Å². The van der Waals surface area contributed by atoms with Gasteiger partial charge < -0.3 is 10.7 Å². The van der Waals surface area contributed by atoms with Crippen molar-refractivity contribution in [2.75, 3.05) is 23.8 Å². The van der Waals surface area contributed by atoms with Gasteiger partial charge in [0, 0.05) is 13.1 Å². The first-order valence-electron chi connectivity index (χ1n) is 5.55. The summed E-state index contributed by atoms with van der Waals surface area (Å²) >= 11 is 0. The highest BCUT2D eigenvalue weighted by atomic mass is 15.4. The molecule has 0 unspecified atom stereocenters. The molecule has 0 aromatic carbocycles. The number of hydrogen-bond donors (Lipinski definition) is 1. The molecule has 16 heavy (non-hydrogen) atoms. The van der Waals surface area contributed by atoms with Crippen molar-refractivity contribution in [2.24, 2.45) is 0 Å². The lowest BCUT2D eigenvalue weighted by molar-refractivity contribution is 0.568. The molecular formula is C10H14N6. The average Bonchev–Trinajstić information content (AvgIpc) is 2.72. The van der Waals surface area contributed by atoms with Gasteiger partial charge in [-0.3, -0.25) is 0 Å². The third-order valence-electron chi connectivity index (χ3n) is 2.94. The Morgan fingerprint density at radius 2 is 1.94 bits per heavy atom. The van der Waals surface area contributed by atoms with E-state index in [0.717, 1.165) is 24.6 Å². The van der Waals surface area contributed by atoms with E-state index in [1.807, 2.05) is 0 Å². The Bertz CT molecular complexity index is 499. The number of fused-ring (bicyclic) bond motifs is 1. The summed E-state index contributed by atoms with van der Waals surface area (Å²) in [6.07, 6.45) is 7.01. The Kier molecular flexibility index (Phi) is 2.12. The van der Waals surface area contributed by atoms with Crippen molar-refractivity contribution >= 4 is 17.1 Å². The van der Waals surface area contributed by atoms with Crippen LogP contribution in [-0.2, 0) is 0 Å². The van der Waals surface area contributed by atoms with Crippen LogP contribution < -0.4 is 10.7 Å². The summed E-state index contributed by atoms with van der Waals surface area (Å²) in [7, 11) is 0. The molecule has 0 saturated carbocycles. The molecule has 3 rings (SSSR count). The van der Waals surface area contributed by atoms with Crippen LogP contribution in [-0.4, -0.2) is 32.7 Å². The van der Waals surface area contributed by atoms with Crippen molar-refractivity contribution < 1.29 is 0 Å². The molecule has 84 valence electrons. The van der Waals surface area contributed by atoms with Gasteiger partial charge in [0.05, 0.1) is 6.20 Å². The van der Waals surface area contributed by atoms with Crippen LogP contribution in [0.4, 0.5) is 5.95 Å². The lowest BCUT2D eigenvalue weighted by Crippen LogP contribution is -2.31. The van der Waals surface area contributed by atoms with E-state index < -0.39 is 0 Å². The molecule has 2 aromatic heterocycles. The van der Waals surface area contributed by atoms with Crippen LogP contribution >= 0.6 is 0 Å². The van der Waals surface area contributed by atoms with Crippen molar-refractivity contribution in [3.63, 3.8) is 0 Å². The Labute approximate surface area is 93.1 Å². The standard InChI is InChI=1S/C10H14N6/c11-16-7-13-8-6-12-10(14-9(8)16)15-4-2-1-3-5-15/h6-7H,1-5,11H2. The fraction of sp³-hybridized carbons (Fsp3) is 0.500. The Balaban J connectivity index is 1.99. The molecule has 1 fully saturated rings. The number of rotatable bonds is 1. The van der Waals surface area contributed by atoms with Crippen molar-refractivity contribution in [1.82, 2.24) is 19.6 Å². The number of imidazole rings is 1. The van der Waals surface area contributed by atoms with E-state index in [0.29, 0.717) is 5.65 Å². The van der Waals surface area contributed by atoms with E-state index in [1.165, 1.54) is 23.9 Å². The molecule has 1 aliphatic rings. The molecule has 2 N–H and O–H groups in total. The van der Waals surface area contributed by atoms with E-state index in [9.17, 15) is 0 Å².